The molecule has 162 valence electrons. The number of rotatable bonds is 14. The Morgan fingerprint density at radius 2 is 1.86 bits per heavy atom. The van der Waals surface area contributed by atoms with Gasteiger partial charge in [0.2, 0.25) is 0 Å². The van der Waals surface area contributed by atoms with Gasteiger partial charge < -0.3 is 29.7 Å². The summed E-state index contributed by atoms with van der Waals surface area (Å²) in [5, 5.41) is 6.67. The van der Waals surface area contributed by atoms with E-state index in [1.165, 1.54) is 0 Å². The SMILES string of the molecule is CCNC(=NCc1cccc(OCCOC)c1)NCCN(C)CCCOC.I. The largest absolute Gasteiger partial charge is 0.491 e. The van der Waals surface area contributed by atoms with E-state index in [9.17, 15) is 0 Å². The van der Waals surface area contributed by atoms with E-state index in [1.54, 1.807) is 14.2 Å². The van der Waals surface area contributed by atoms with Gasteiger partial charge in [0.05, 0.1) is 13.2 Å². The van der Waals surface area contributed by atoms with Crippen LogP contribution in [-0.2, 0) is 16.0 Å². The highest BCUT2D eigenvalue weighted by molar-refractivity contribution is 14.0. The van der Waals surface area contributed by atoms with Crippen LogP contribution in [0.15, 0.2) is 29.3 Å². The molecule has 0 fully saturated rings. The Bertz CT molecular complexity index is 532. The first-order valence-electron chi connectivity index (χ1n) is 9.60. The fraction of sp³-hybridized carbons (Fsp3) is 0.650. The Kier molecular flexibility index (Phi) is 17.3. The summed E-state index contributed by atoms with van der Waals surface area (Å²) in [6.07, 6.45) is 1.05. The fourth-order valence-electron chi connectivity index (χ4n) is 2.44. The standard InChI is InChI=1S/C20H36N4O3.HI/c1-5-21-20(22-10-12-24(2)11-7-13-25-3)23-17-18-8-6-9-19(16-18)27-15-14-26-4;/h6,8-9,16H,5,7,10-15,17H2,1-4H3,(H2,21,22,23);1H. The van der Waals surface area contributed by atoms with Gasteiger partial charge in [-0.25, -0.2) is 4.99 Å². The van der Waals surface area contributed by atoms with Gasteiger partial charge >= 0.3 is 0 Å². The summed E-state index contributed by atoms with van der Waals surface area (Å²) in [5.74, 6) is 1.67. The van der Waals surface area contributed by atoms with Crippen LogP contribution in [0.5, 0.6) is 5.75 Å². The molecule has 0 aliphatic carbocycles. The van der Waals surface area contributed by atoms with Gasteiger partial charge in [0, 0.05) is 47.0 Å². The van der Waals surface area contributed by atoms with E-state index in [1.807, 2.05) is 18.2 Å². The molecular formula is C20H37IN4O3. The lowest BCUT2D eigenvalue weighted by molar-refractivity contribution is 0.146. The topological polar surface area (TPSA) is 67.4 Å². The summed E-state index contributed by atoms with van der Waals surface area (Å²) in [4.78, 5) is 6.96. The third-order valence-electron chi connectivity index (χ3n) is 3.89. The number of nitrogens with one attached hydrogen (secondary N) is 2. The van der Waals surface area contributed by atoms with Crippen LogP contribution >= 0.6 is 24.0 Å². The molecule has 0 atom stereocenters. The number of benzene rings is 1. The number of aliphatic imine (C=N–C) groups is 1. The molecule has 1 rings (SSSR count). The van der Waals surface area contributed by atoms with Crippen LogP contribution in [0.25, 0.3) is 0 Å². The number of methoxy groups -OCH3 is 2. The third-order valence-corrected chi connectivity index (χ3v) is 3.89. The van der Waals surface area contributed by atoms with E-state index in [0.29, 0.717) is 19.8 Å². The zero-order valence-electron chi connectivity index (χ0n) is 17.7. The normalized spacial score (nSPS) is 11.2. The lowest BCUT2D eigenvalue weighted by Crippen LogP contribution is -2.41. The zero-order chi connectivity index (χ0) is 19.7. The lowest BCUT2D eigenvalue weighted by atomic mass is 10.2. The highest BCUT2D eigenvalue weighted by Crippen LogP contribution is 2.14. The summed E-state index contributed by atoms with van der Waals surface area (Å²) in [6.45, 7) is 8.25. The Labute approximate surface area is 187 Å². The monoisotopic (exact) mass is 508 g/mol. The van der Waals surface area contributed by atoms with Gasteiger partial charge in [0.25, 0.3) is 0 Å². The summed E-state index contributed by atoms with van der Waals surface area (Å²) in [7, 11) is 5.53. The zero-order valence-corrected chi connectivity index (χ0v) is 20.0. The maximum atomic E-state index is 5.65. The predicted octanol–water partition coefficient (Wildman–Crippen LogP) is 2.35. The van der Waals surface area contributed by atoms with Gasteiger partial charge in [0.15, 0.2) is 5.96 Å². The molecule has 1 aromatic rings. The van der Waals surface area contributed by atoms with Crippen LogP contribution in [0.1, 0.15) is 18.9 Å². The number of ether oxygens (including phenoxy) is 3. The van der Waals surface area contributed by atoms with Crippen LogP contribution in [0.3, 0.4) is 0 Å². The first-order valence-corrected chi connectivity index (χ1v) is 9.60. The molecule has 1 aromatic carbocycles. The van der Waals surface area contributed by atoms with Gasteiger partial charge in [-0.15, -0.1) is 24.0 Å². The van der Waals surface area contributed by atoms with E-state index in [2.05, 4.69) is 40.6 Å². The number of nitrogens with zero attached hydrogens (tertiary/aromatic N) is 2. The molecule has 0 unspecified atom stereocenters. The number of likely N-dealkylation sites (N-methyl/N-ethyl adjacent to an activating group) is 1. The number of guanidine groups is 1. The van der Waals surface area contributed by atoms with Gasteiger partial charge in [-0.05, 0) is 38.1 Å². The van der Waals surface area contributed by atoms with E-state index < -0.39 is 0 Å². The maximum absolute atomic E-state index is 5.65. The number of halogens is 1. The van der Waals surface area contributed by atoms with Crippen molar-refractivity contribution in [2.75, 3.05) is 67.3 Å². The molecule has 0 saturated heterocycles. The quantitative estimate of drug-likeness (QED) is 0.174. The van der Waals surface area contributed by atoms with Crippen molar-refractivity contribution in [2.24, 2.45) is 4.99 Å². The van der Waals surface area contributed by atoms with E-state index in [4.69, 9.17) is 14.2 Å². The van der Waals surface area contributed by atoms with Crippen LogP contribution in [-0.4, -0.2) is 78.1 Å². The second-order valence-electron chi connectivity index (χ2n) is 6.26. The average molecular weight is 508 g/mol. The van der Waals surface area contributed by atoms with Crippen molar-refractivity contribution < 1.29 is 14.2 Å². The van der Waals surface area contributed by atoms with Gasteiger partial charge in [0.1, 0.15) is 12.4 Å². The molecule has 0 aliphatic rings. The second-order valence-corrected chi connectivity index (χ2v) is 6.26. The van der Waals surface area contributed by atoms with E-state index in [-0.39, 0.29) is 24.0 Å². The molecule has 28 heavy (non-hydrogen) atoms. The Hall–Kier alpha value is -1.10. The van der Waals surface area contributed by atoms with Crippen molar-refractivity contribution in [2.45, 2.75) is 19.9 Å². The van der Waals surface area contributed by atoms with Crippen molar-refractivity contribution in [1.29, 1.82) is 0 Å². The van der Waals surface area contributed by atoms with E-state index in [0.717, 1.165) is 56.5 Å². The van der Waals surface area contributed by atoms with Crippen molar-refractivity contribution in [3.8, 4) is 5.75 Å². The van der Waals surface area contributed by atoms with Crippen LogP contribution in [0.4, 0.5) is 0 Å². The first kappa shape index (κ1) is 26.9. The van der Waals surface area contributed by atoms with E-state index >= 15 is 0 Å². The minimum absolute atomic E-state index is 0. The fourth-order valence-corrected chi connectivity index (χ4v) is 2.44. The first-order chi connectivity index (χ1) is 13.2. The van der Waals surface area contributed by atoms with Crippen LogP contribution < -0.4 is 15.4 Å². The Morgan fingerprint density at radius 3 is 2.57 bits per heavy atom. The highest BCUT2D eigenvalue weighted by Gasteiger charge is 2.02. The molecule has 0 aromatic heterocycles. The van der Waals surface area contributed by atoms with Crippen molar-refractivity contribution in [3.05, 3.63) is 29.8 Å². The van der Waals surface area contributed by atoms with Gasteiger partial charge in [-0.2, -0.15) is 0 Å². The molecule has 0 aliphatic heterocycles. The van der Waals surface area contributed by atoms with Gasteiger partial charge in [-0.1, -0.05) is 12.1 Å². The molecule has 0 saturated carbocycles. The molecule has 0 bridgehead atoms. The Morgan fingerprint density at radius 1 is 1.07 bits per heavy atom. The van der Waals surface area contributed by atoms with Crippen LogP contribution in [0, 0.1) is 0 Å². The maximum Gasteiger partial charge on any atom is 0.191 e. The Balaban J connectivity index is 0.00000729. The predicted molar refractivity (Wildman–Crippen MR) is 126 cm³/mol. The van der Waals surface area contributed by atoms with Crippen molar-refractivity contribution in [3.63, 3.8) is 0 Å². The summed E-state index contributed by atoms with van der Waals surface area (Å²) >= 11 is 0. The van der Waals surface area contributed by atoms with Crippen molar-refractivity contribution >= 4 is 29.9 Å². The molecule has 2 N–H and O–H groups in total. The summed E-state index contributed by atoms with van der Waals surface area (Å²) in [5.41, 5.74) is 1.11. The summed E-state index contributed by atoms with van der Waals surface area (Å²) in [6, 6.07) is 8.01. The number of hydrogen-bond donors (Lipinski definition) is 2. The molecule has 0 heterocycles. The summed E-state index contributed by atoms with van der Waals surface area (Å²) < 4.78 is 15.8. The lowest BCUT2D eigenvalue weighted by Gasteiger charge is -2.18. The minimum atomic E-state index is 0. The molecule has 8 heteroatoms. The molecule has 7 nitrogen and oxygen atoms in total. The van der Waals surface area contributed by atoms with Gasteiger partial charge in [-0.3, -0.25) is 0 Å². The molecule has 0 radical (unpaired) electrons. The van der Waals surface area contributed by atoms with Crippen molar-refractivity contribution in [1.82, 2.24) is 15.5 Å². The molecule has 0 amide bonds. The highest BCUT2D eigenvalue weighted by atomic mass is 127. The molecular weight excluding hydrogens is 471 g/mol. The average Bonchev–Trinajstić information content (AvgIpc) is 2.67. The molecule has 0 spiro atoms. The second kappa shape index (κ2) is 18.0. The minimum Gasteiger partial charge on any atom is -0.491 e. The number of hydrogen-bond acceptors (Lipinski definition) is 5. The third kappa shape index (κ3) is 13.1. The smallest absolute Gasteiger partial charge is 0.191 e. The van der Waals surface area contributed by atoms with Crippen LogP contribution in [0.2, 0.25) is 0 Å².